The third-order valence-corrected chi connectivity index (χ3v) is 10.8. The van der Waals surface area contributed by atoms with Crippen LogP contribution in [0.25, 0.3) is 0 Å². The fraction of sp³-hybridized carbons (Fsp3) is 0.957. The highest BCUT2D eigenvalue weighted by atomic mass is 32.2. The molecule has 0 spiro atoms. The van der Waals surface area contributed by atoms with Crippen molar-refractivity contribution in [1.29, 1.82) is 0 Å². The van der Waals surface area contributed by atoms with Gasteiger partial charge in [-0.25, -0.2) is 4.72 Å². The predicted octanol–water partition coefficient (Wildman–Crippen LogP) is 1.09. The van der Waals surface area contributed by atoms with Gasteiger partial charge in [0.1, 0.15) is 5.50 Å². The predicted molar refractivity (Wildman–Crippen MR) is 135 cm³/mol. The van der Waals surface area contributed by atoms with Crippen molar-refractivity contribution in [3.8, 4) is 0 Å². The standard InChI is InChI=1S/C23H43N5O4S2/c1-14(2)10-25-34(30,31)28-12-19-21(13-28)33-23(26-19)27-22(29)18-11-24-15(3)9-17(18)16-7-5-6-8-20(16)32-4/h14-21,23-26H,5-13H2,1-4H3,(H,27,29). The van der Waals surface area contributed by atoms with Gasteiger partial charge in [-0.05, 0) is 43.9 Å². The molecule has 0 aromatic carbocycles. The summed E-state index contributed by atoms with van der Waals surface area (Å²) in [5.41, 5.74) is -0.180. The van der Waals surface area contributed by atoms with E-state index >= 15 is 0 Å². The maximum absolute atomic E-state index is 13.4. The van der Waals surface area contributed by atoms with Gasteiger partial charge < -0.3 is 15.4 Å². The average Bonchev–Trinajstić information content (AvgIpc) is 3.37. The molecule has 0 aromatic heterocycles. The van der Waals surface area contributed by atoms with Crippen molar-refractivity contribution in [1.82, 2.24) is 25.0 Å². The second kappa shape index (κ2) is 11.3. The zero-order valence-electron chi connectivity index (χ0n) is 21.0. The van der Waals surface area contributed by atoms with E-state index < -0.39 is 10.2 Å². The molecule has 0 radical (unpaired) electrons. The zero-order valence-corrected chi connectivity index (χ0v) is 22.6. The number of amides is 1. The fourth-order valence-corrected chi connectivity index (χ4v) is 9.06. The normalized spacial score (nSPS) is 39.3. The van der Waals surface area contributed by atoms with Gasteiger partial charge in [0.15, 0.2) is 0 Å². The molecule has 4 rings (SSSR count). The van der Waals surface area contributed by atoms with Gasteiger partial charge in [0.05, 0.1) is 12.0 Å². The molecule has 196 valence electrons. The molecule has 3 aliphatic heterocycles. The van der Waals surface area contributed by atoms with Crippen LogP contribution in [0, 0.1) is 23.7 Å². The van der Waals surface area contributed by atoms with Crippen molar-refractivity contribution in [2.75, 3.05) is 33.3 Å². The van der Waals surface area contributed by atoms with Crippen LogP contribution in [-0.4, -0.2) is 80.9 Å². The lowest BCUT2D eigenvalue weighted by Gasteiger charge is -2.44. The van der Waals surface area contributed by atoms with Crippen LogP contribution in [0.2, 0.25) is 0 Å². The minimum absolute atomic E-state index is 0.0439. The van der Waals surface area contributed by atoms with Crippen LogP contribution < -0.4 is 20.7 Å². The third kappa shape index (κ3) is 6.10. The third-order valence-electron chi connectivity index (χ3n) is 7.97. The monoisotopic (exact) mass is 517 g/mol. The van der Waals surface area contributed by atoms with E-state index in [4.69, 9.17) is 4.74 Å². The van der Waals surface area contributed by atoms with Gasteiger partial charge >= 0.3 is 0 Å². The highest BCUT2D eigenvalue weighted by Gasteiger charge is 2.47. The van der Waals surface area contributed by atoms with E-state index in [-0.39, 0.29) is 40.6 Å². The molecule has 8 unspecified atom stereocenters. The number of ether oxygens (including phenoxy) is 1. The Morgan fingerprint density at radius 3 is 2.68 bits per heavy atom. The van der Waals surface area contributed by atoms with Gasteiger partial charge in [-0.2, -0.15) is 12.7 Å². The lowest BCUT2D eigenvalue weighted by atomic mass is 9.68. The molecule has 3 saturated heterocycles. The SMILES string of the molecule is COC1CCCCC1C1CC(C)NCC1C(=O)NC1NC2CN(S(=O)(=O)NCC(C)C)CC2S1. The summed E-state index contributed by atoms with van der Waals surface area (Å²) in [5, 5.41) is 10.4. The number of fused-ring (bicyclic) bond motifs is 1. The molecule has 11 heteroatoms. The number of methoxy groups -OCH3 is 1. The number of rotatable bonds is 8. The topological polar surface area (TPSA) is 112 Å². The van der Waals surface area contributed by atoms with Crippen LogP contribution in [0.5, 0.6) is 0 Å². The van der Waals surface area contributed by atoms with E-state index in [1.807, 2.05) is 21.0 Å². The van der Waals surface area contributed by atoms with Crippen LogP contribution in [0.3, 0.4) is 0 Å². The molecule has 4 fully saturated rings. The van der Waals surface area contributed by atoms with Gasteiger partial charge in [-0.15, -0.1) is 11.8 Å². The number of thioether (sulfide) groups is 1. The summed E-state index contributed by atoms with van der Waals surface area (Å²) < 4.78 is 35.2. The summed E-state index contributed by atoms with van der Waals surface area (Å²) in [4.78, 5) is 13.4. The first-order chi connectivity index (χ1) is 16.2. The van der Waals surface area contributed by atoms with Gasteiger partial charge in [-0.1, -0.05) is 26.7 Å². The van der Waals surface area contributed by atoms with E-state index in [0.29, 0.717) is 44.1 Å². The van der Waals surface area contributed by atoms with Gasteiger partial charge in [0.2, 0.25) is 5.91 Å². The van der Waals surface area contributed by atoms with Crippen LogP contribution in [0.4, 0.5) is 0 Å². The molecule has 3 heterocycles. The number of carbonyl (C=O) groups is 1. The highest BCUT2D eigenvalue weighted by molar-refractivity contribution is 8.00. The molecule has 34 heavy (non-hydrogen) atoms. The van der Waals surface area contributed by atoms with Crippen molar-refractivity contribution in [3.05, 3.63) is 0 Å². The van der Waals surface area contributed by atoms with Gasteiger partial charge in [-0.3, -0.25) is 10.1 Å². The van der Waals surface area contributed by atoms with Crippen molar-refractivity contribution in [3.63, 3.8) is 0 Å². The Hall–Kier alpha value is -0.430. The van der Waals surface area contributed by atoms with E-state index in [2.05, 4.69) is 27.6 Å². The van der Waals surface area contributed by atoms with Gasteiger partial charge in [0, 0.05) is 50.6 Å². The number of nitrogens with one attached hydrogen (secondary N) is 4. The molecule has 4 aliphatic rings. The summed E-state index contributed by atoms with van der Waals surface area (Å²) in [6.45, 7) is 8.21. The van der Waals surface area contributed by atoms with Crippen LogP contribution in [0.1, 0.15) is 52.9 Å². The highest BCUT2D eigenvalue weighted by Crippen LogP contribution is 2.40. The Balaban J connectivity index is 1.33. The first kappa shape index (κ1) is 26.6. The smallest absolute Gasteiger partial charge is 0.279 e. The number of hydrogen-bond donors (Lipinski definition) is 4. The second-order valence-corrected chi connectivity index (χ2v) is 14.0. The Labute approximate surface area is 209 Å². The lowest BCUT2D eigenvalue weighted by Crippen LogP contribution is -2.55. The van der Waals surface area contributed by atoms with E-state index in [1.54, 1.807) is 11.8 Å². The average molecular weight is 518 g/mol. The fourth-order valence-electron chi connectivity index (χ4n) is 6.12. The number of carbonyl (C=O) groups excluding carboxylic acids is 1. The summed E-state index contributed by atoms with van der Waals surface area (Å²) in [7, 11) is -1.66. The van der Waals surface area contributed by atoms with Gasteiger partial charge in [0.25, 0.3) is 10.2 Å². The molecular weight excluding hydrogens is 474 g/mol. The van der Waals surface area contributed by atoms with Crippen molar-refractivity contribution < 1.29 is 17.9 Å². The van der Waals surface area contributed by atoms with Crippen LogP contribution in [0.15, 0.2) is 0 Å². The molecule has 0 aromatic rings. The Kier molecular flexibility index (Phi) is 8.86. The molecule has 9 nitrogen and oxygen atoms in total. The summed E-state index contributed by atoms with van der Waals surface area (Å²) in [5.74, 6) is 1.03. The van der Waals surface area contributed by atoms with Crippen molar-refractivity contribution in [2.45, 2.75) is 81.8 Å². The summed E-state index contributed by atoms with van der Waals surface area (Å²) in [6.07, 6.45) is 5.88. The number of nitrogens with zero attached hydrogens (tertiary/aromatic N) is 1. The second-order valence-electron chi connectivity index (χ2n) is 10.9. The molecule has 1 amide bonds. The number of piperidine rings is 1. The molecule has 1 saturated carbocycles. The quantitative estimate of drug-likeness (QED) is 0.381. The summed E-state index contributed by atoms with van der Waals surface area (Å²) >= 11 is 1.64. The van der Waals surface area contributed by atoms with E-state index in [0.717, 1.165) is 19.3 Å². The first-order valence-electron chi connectivity index (χ1n) is 12.9. The molecule has 8 atom stereocenters. The van der Waals surface area contributed by atoms with Crippen LogP contribution in [-0.2, 0) is 19.7 Å². The Morgan fingerprint density at radius 2 is 1.97 bits per heavy atom. The zero-order chi connectivity index (χ0) is 24.5. The van der Waals surface area contributed by atoms with Crippen molar-refractivity contribution in [2.24, 2.45) is 23.7 Å². The minimum Gasteiger partial charge on any atom is -0.381 e. The maximum atomic E-state index is 13.4. The van der Waals surface area contributed by atoms with E-state index in [9.17, 15) is 13.2 Å². The minimum atomic E-state index is -3.47. The Morgan fingerprint density at radius 1 is 1.21 bits per heavy atom. The number of hydrogen-bond acceptors (Lipinski definition) is 7. The van der Waals surface area contributed by atoms with Crippen LogP contribution >= 0.6 is 11.8 Å². The molecular formula is C23H43N5O4S2. The Bertz CT molecular complexity index is 799. The molecule has 1 aliphatic carbocycles. The van der Waals surface area contributed by atoms with Crippen molar-refractivity contribution >= 4 is 27.9 Å². The lowest BCUT2D eigenvalue weighted by molar-refractivity contribution is -0.130. The first-order valence-corrected chi connectivity index (χ1v) is 15.3. The molecule has 4 N–H and O–H groups in total. The molecule has 0 bridgehead atoms. The maximum Gasteiger partial charge on any atom is 0.279 e. The summed E-state index contributed by atoms with van der Waals surface area (Å²) in [6, 6.07) is 0.450. The largest absolute Gasteiger partial charge is 0.381 e. The van der Waals surface area contributed by atoms with E-state index in [1.165, 1.54) is 17.1 Å².